The number of morpholine rings is 1. The van der Waals surface area contributed by atoms with Crippen molar-refractivity contribution >= 4 is 34.0 Å². The van der Waals surface area contributed by atoms with Gasteiger partial charge in [-0.1, -0.05) is 100 Å². The van der Waals surface area contributed by atoms with Crippen LogP contribution in [0.5, 0.6) is 0 Å². The van der Waals surface area contributed by atoms with Crippen molar-refractivity contribution in [3.63, 3.8) is 0 Å². The van der Waals surface area contributed by atoms with Crippen LogP contribution in [0.4, 0.5) is 0 Å². The number of imidazole rings is 1. The zero-order chi connectivity index (χ0) is 69.1. The van der Waals surface area contributed by atoms with Crippen LogP contribution in [0.15, 0.2) is 102 Å². The van der Waals surface area contributed by atoms with Gasteiger partial charge in [-0.05, 0) is 119 Å². The fourth-order valence-corrected chi connectivity index (χ4v) is 9.12. The van der Waals surface area contributed by atoms with Crippen molar-refractivity contribution in [2.24, 2.45) is 5.92 Å². The van der Waals surface area contributed by atoms with Gasteiger partial charge in [0.05, 0.1) is 36.3 Å². The van der Waals surface area contributed by atoms with E-state index >= 15 is 0 Å². The number of hydrogen-bond donors (Lipinski definition) is 2. The van der Waals surface area contributed by atoms with Crippen molar-refractivity contribution in [1.82, 2.24) is 100 Å². The molecule has 0 bridgehead atoms. The maximum Gasteiger partial charge on any atom is 0.213 e. The van der Waals surface area contributed by atoms with Crippen LogP contribution >= 0.6 is 34.0 Å². The van der Waals surface area contributed by atoms with Crippen molar-refractivity contribution in [1.29, 1.82) is 0 Å². The molecule has 25 heteroatoms. The van der Waals surface area contributed by atoms with E-state index < -0.39 is 0 Å². The van der Waals surface area contributed by atoms with Crippen LogP contribution in [0.25, 0.3) is 0 Å². The predicted molar refractivity (Wildman–Crippen MR) is 384 cm³/mol. The summed E-state index contributed by atoms with van der Waals surface area (Å²) in [5, 5.41) is 30.3. The van der Waals surface area contributed by atoms with Gasteiger partial charge in [0, 0.05) is 140 Å². The number of piperazine rings is 1. The Morgan fingerprint density at radius 2 is 1.09 bits per heavy atom. The second-order valence-electron chi connectivity index (χ2n) is 25.2. The van der Waals surface area contributed by atoms with Crippen LogP contribution in [0.2, 0.25) is 0 Å². The van der Waals surface area contributed by atoms with Gasteiger partial charge in [-0.3, -0.25) is 24.1 Å². The van der Waals surface area contributed by atoms with Gasteiger partial charge in [0.15, 0.2) is 5.82 Å². The molecule has 0 spiro atoms. The zero-order valence-electron chi connectivity index (χ0n) is 60.7. The fraction of sp³-hybridized carbons (Fsp3) is 0.687. The quantitative estimate of drug-likeness (QED) is 0.129. The van der Waals surface area contributed by atoms with Crippen LogP contribution in [0, 0.1) is 5.92 Å². The predicted octanol–water partition coefficient (Wildman–Crippen LogP) is 15.3. The van der Waals surface area contributed by atoms with Gasteiger partial charge in [0.2, 0.25) is 6.39 Å². The first kappa shape index (κ1) is 86.3. The van der Waals surface area contributed by atoms with Gasteiger partial charge >= 0.3 is 0 Å². The van der Waals surface area contributed by atoms with Crippen molar-refractivity contribution in [3.8, 4) is 0 Å². The molecule has 8 aromatic heterocycles. The molecule has 0 amide bonds. The first-order valence-electron chi connectivity index (χ1n) is 33.0. The maximum absolute atomic E-state index is 5.21. The third-order valence-corrected chi connectivity index (χ3v) is 16.0. The molecular weight excluding hydrogens is 1210 g/mol. The molecule has 11 rings (SSSR count). The number of nitrogens with one attached hydrogen (secondary N) is 2. The standard InChI is InChI=1S/C7H16N2.C7H15NO.C7H15N.C6H10N2.2C6H9NS.2C5H9N3.C5H8N2O.C5H8N2S.C4H4N2.C4H10/c1-7(2)9-5-3-8-4-6-9;1-7(2)8-3-5-9-6-4-8;1-7(2)8-5-3-4-6-8;2*1-5(2)6-3-7-4-8-6;1-5(2)6-7-3-4-8-6;1-5(2)8-4-6-3-7-8;1-5(2)8-4-3-6-7-8;1-4(2)5-6-3-8-7-5;1-4(2)5-7-6-3-8-5;1-2-5-4-6-3-1;1-4(2)3/h7-8H,3-6H2,1-2H3;7H,3-6H2,1-2H3;7H,3-6H2,1-2H3;3-5H,1-2H3,(H,7,8);4*3-5H,1-2H3;2*3-4H,1-2H3;1-4H;4H,1-3H3. The molecule has 11 heterocycles. The van der Waals surface area contributed by atoms with Gasteiger partial charge in [-0.2, -0.15) is 10.1 Å². The molecule has 3 saturated heterocycles. The average molecular weight is 1340 g/mol. The molecule has 520 valence electrons. The molecule has 0 aliphatic carbocycles. The normalized spacial score (nSPS) is 13.7. The molecule has 3 aliphatic heterocycles. The third kappa shape index (κ3) is 46.4. The Morgan fingerprint density at radius 1 is 0.500 bits per heavy atom. The first-order chi connectivity index (χ1) is 43.8. The SMILES string of the molecule is CC(C)C.CC(C)N1CCCC1.CC(C)N1CCNCC1.CC(C)N1CCOCC1.CC(C)c1cnc[nH]1.CC(C)c1cncs1.CC(C)c1nccs1.CC(C)c1ncon1.CC(C)c1nncs1.CC(C)n1ccnn1.CC(C)n1cncn1.c1cncnc1. The summed E-state index contributed by atoms with van der Waals surface area (Å²) in [5.74, 6) is 4.30. The minimum atomic E-state index is 0.369. The summed E-state index contributed by atoms with van der Waals surface area (Å²) in [6.07, 6.45) is 23.2. The molecule has 3 aliphatic rings. The van der Waals surface area contributed by atoms with E-state index in [1.165, 1.54) is 67.3 Å². The number of hydrogen-bond acceptors (Lipinski definition) is 22. The Kier molecular flexibility index (Phi) is 51.3. The number of rotatable bonds is 10. The lowest BCUT2D eigenvalue weighted by atomic mass is 10.2. The van der Waals surface area contributed by atoms with E-state index in [1.54, 1.807) is 92.5 Å². The highest BCUT2D eigenvalue weighted by Gasteiger charge is 2.14. The maximum atomic E-state index is 5.21. The lowest BCUT2D eigenvalue weighted by molar-refractivity contribution is 0.0238. The number of aromatic amines is 1. The summed E-state index contributed by atoms with van der Waals surface area (Å²) >= 11 is 5.05. The number of nitrogens with zero attached hydrogens (tertiary/aromatic N) is 18. The van der Waals surface area contributed by atoms with Gasteiger partial charge in [0.1, 0.15) is 29.5 Å². The summed E-state index contributed by atoms with van der Waals surface area (Å²) < 4.78 is 13.3. The highest BCUT2D eigenvalue weighted by molar-refractivity contribution is 7.10. The second-order valence-corrected chi connectivity index (χ2v) is 27.9. The molecule has 3 fully saturated rings. The van der Waals surface area contributed by atoms with E-state index in [0.29, 0.717) is 47.7 Å². The van der Waals surface area contributed by atoms with Crippen molar-refractivity contribution in [2.45, 2.75) is 232 Å². The Hall–Kier alpha value is -5.67. The van der Waals surface area contributed by atoms with Crippen LogP contribution < -0.4 is 5.32 Å². The molecular formula is C67H122N20O2S3. The van der Waals surface area contributed by atoms with Gasteiger partial charge in [-0.25, -0.2) is 24.9 Å². The smallest absolute Gasteiger partial charge is 0.213 e. The van der Waals surface area contributed by atoms with Crippen molar-refractivity contribution < 1.29 is 9.26 Å². The number of ether oxygens (including phenoxy) is 1. The minimum Gasteiger partial charge on any atom is -0.379 e. The van der Waals surface area contributed by atoms with Crippen LogP contribution in [0.3, 0.4) is 0 Å². The molecule has 22 nitrogen and oxygen atoms in total. The third-order valence-electron chi connectivity index (χ3n) is 12.8. The Labute approximate surface area is 567 Å². The average Bonchev–Trinajstić information content (AvgIpc) is 4.58. The Bertz CT molecular complexity index is 2210. The molecule has 0 aromatic carbocycles. The summed E-state index contributed by atoms with van der Waals surface area (Å²) in [6.45, 7) is 60.9. The topological polar surface area (TPSA) is 237 Å². The first-order valence-corrected chi connectivity index (χ1v) is 35.6. The lowest BCUT2D eigenvalue weighted by Crippen LogP contribution is -2.46. The van der Waals surface area contributed by atoms with E-state index in [1.807, 2.05) is 49.5 Å². The lowest BCUT2D eigenvalue weighted by Gasteiger charge is -2.30. The summed E-state index contributed by atoms with van der Waals surface area (Å²) in [7, 11) is 0. The largest absolute Gasteiger partial charge is 0.379 e. The van der Waals surface area contributed by atoms with E-state index in [9.17, 15) is 0 Å². The van der Waals surface area contributed by atoms with E-state index in [4.69, 9.17) is 4.74 Å². The van der Waals surface area contributed by atoms with Gasteiger partial charge in [-0.15, -0.1) is 49.3 Å². The van der Waals surface area contributed by atoms with Crippen molar-refractivity contribution in [2.75, 3.05) is 65.6 Å². The van der Waals surface area contributed by atoms with E-state index in [0.717, 1.165) is 68.2 Å². The van der Waals surface area contributed by atoms with Gasteiger partial charge in [0.25, 0.3) is 0 Å². The number of aromatic nitrogens is 16. The number of H-pyrrole nitrogens is 1. The van der Waals surface area contributed by atoms with Crippen LogP contribution in [0.1, 0.15) is 240 Å². The monoisotopic (exact) mass is 1330 g/mol. The molecule has 92 heavy (non-hydrogen) atoms. The minimum absolute atomic E-state index is 0.369. The number of thiazole rings is 2. The fourth-order valence-electron chi connectivity index (χ4n) is 7.26. The highest BCUT2D eigenvalue weighted by atomic mass is 32.1. The molecule has 0 saturated carbocycles. The summed E-state index contributed by atoms with van der Waals surface area (Å²) in [5.41, 5.74) is 4.83. The molecule has 0 atom stereocenters. The van der Waals surface area contributed by atoms with Crippen LogP contribution in [-0.2, 0) is 4.74 Å². The second kappa shape index (κ2) is 54.7. The molecule has 0 radical (unpaired) electrons. The summed E-state index contributed by atoms with van der Waals surface area (Å²) in [4.78, 5) is 38.8. The molecule has 0 unspecified atom stereocenters. The Morgan fingerprint density at radius 3 is 1.34 bits per heavy atom. The van der Waals surface area contributed by atoms with Gasteiger partial charge < -0.3 is 24.5 Å². The zero-order valence-corrected chi connectivity index (χ0v) is 63.1. The van der Waals surface area contributed by atoms with Crippen LogP contribution in [-0.4, -0.2) is 178 Å². The highest BCUT2D eigenvalue weighted by Crippen LogP contribution is 2.18. The number of likely N-dealkylation sites (tertiary alicyclic amines) is 1. The summed E-state index contributed by atoms with van der Waals surface area (Å²) in [6, 6.07) is 4.83. The van der Waals surface area contributed by atoms with E-state index in [2.05, 4.69) is 241 Å². The van der Waals surface area contributed by atoms with E-state index in [-0.39, 0.29) is 0 Å². The Balaban J connectivity index is 0.000000985. The molecule has 2 N–H and O–H groups in total. The molecule has 8 aromatic rings. The van der Waals surface area contributed by atoms with Crippen molar-refractivity contribution in [3.05, 3.63) is 124 Å².